The Balaban J connectivity index is 1.35. The van der Waals surface area contributed by atoms with Gasteiger partial charge in [0.1, 0.15) is 28.4 Å². The number of nitrogens with zero attached hydrogens (tertiary/aromatic N) is 4. The maximum atomic E-state index is 8.26. The summed E-state index contributed by atoms with van der Waals surface area (Å²) in [5.74, 6) is 1.69. The molecule has 232 valence electrons. The molecule has 0 saturated heterocycles. The van der Waals surface area contributed by atoms with Crippen LogP contribution in [0.4, 0.5) is 17.1 Å². The molecule has 0 radical (unpaired) electrons. The lowest BCUT2D eigenvalue weighted by Gasteiger charge is -2.29. The normalized spacial score (nSPS) is 16.5. The summed E-state index contributed by atoms with van der Waals surface area (Å²) < 4.78 is 35.7. The summed E-state index contributed by atoms with van der Waals surface area (Å²) in [6, 6.07) is 28.2. The van der Waals surface area contributed by atoms with Crippen LogP contribution in [0.25, 0.3) is 21.8 Å². The van der Waals surface area contributed by atoms with Crippen LogP contribution in [0, 0.1) is 11.6 Å². The zero-order chi connectivity index (χ0) is 35.0. The van der Waals surface area contributed by atoms with Crippen molar-refractivity contribution in [2.24, 2.45) is 5.41 Å². The third-order valence-electron chi connectivity index (χ3n) is 8.88. The smallest absolute Gasteiger partial charge is 0.316 e. The molecule has 1 aromatic heterocycles. The molecule has 0 atom stereocenters. The first kappa shape index (κ1) is 26.1. The SMILES string of the molecule is [2H]C([2H])([2H])N1C(=C)N(c2cc(Oc3ccc4c5ccccc5[n+]([C-]5C=C(C(C)(C)C)C=C[N+]5=C)[c-]4c3)cc(C(C)(C)C)c2)c2ccccc21. The number of ether oxygens (including phenoxy) is 1. The number of aromatic nitrogens is 1. The highest BCUT2D eigenvalue weighted by Gasteiger charge is 2.31. The van der Waals surface area contributed by atoms with Crippen molar-refractivity contribution in [2.75, 3.05) is 16.8 Å². The number of rotatable bonds is 4. The maximum absolute atomic E-state index is 8.26. The summed E-state index contributed by atoms with van der Waals surface area (Å²) >= 11 is 0. The molecule has 0 N–H and O–H groups in total. The molecule has 2 aliphatic rings. The van der Waals surface area contributed by atoms with E-state index in [4.69, 9.17) is 8.85 Å². The van der Waals surface area contributed by atoms with Crippen molar-refractivity contribution in [1.29, 1.82) is 0 Å². The van der Waals surface area contributed by atoms with Crippen LogP contribution >= 0.6 is 0 Å². The first-order valence-electron chi connectivity index (χ1n) is 17.1. The lowest BCUT2D eigenvalue weighted by atomic mass is 9.85. The van der Waals surface area contributed by atoms with E-state index < -0.39 is 6.98 Å². The van der Waals surface area contributed by atoms with E-state index >= 15 is 0 Å². The second kappa shape index (κ2) is 10.4. The van der Waals surface area contributed by atoms with Crippen molar-refractivity contribution in [3.05, 3.63) is 133 Å². The van der Waals surface area contributed by atoms with E-state index in [1.165, 1.54) is 10.5 Å². The number of fused-ring (bicyclic) bond motifs is 4. The molecule has 5 aromatic rings. The van der Waals surface area contributed by atoms with Crippen LogP contribution in [0.2, 0.25) is 0 Å². The van der Waals surface area contributed by atoms with E-state index in [1.54, 1.807) is 0 Å². The standard InChI is InChI=1S/C41H42N4O/c1-27-43(9)36-16-12-13-17-37(36)44(27)30-22-29(41(5,6)7)23-32(25-30)46-31-18-19-34-33-14-10-11-15-35(33)45(38(34)26-31)39-24-28(40(2,3)4)20-21-42(39)8/h10-26H,1,8H2,2-7,9H3/i9D3. The van der Waals surface area contributed by atoms with Crippen LogP contribution in [0.3, 0.4) is 0 Å². The highest BCUT2D eigenvalue weighted by Crippen LogP contribution is 2.46. The third kappa shape index (κ3) is 4.87. The fourth-order valence-electron chi connectivity index (χ4n) is 6.29. The van der Waals surface area contributed by atoms with Gasteiger partial charge >= 0.3 is 6.17 Å². The molecule has 7 rings (SSSR count). The molecule has 5 heteroatoms. The van der Waals surface area contributed by atoms with Gasteiger partial charge in [-0.05, 0) is 70.3 Å². The van der Waals surface area contributed by atoms with Gasteiger partial charge in [-0.3, -0.25) is 14.0 Å². The molecule has 0 fully saturated rings. The van der Waals surface area contributed by atoms with Crippen molar-refractivity contribution < 1.29 is 18.0 Å². The molecule has 3 heterocycles. The van der Waals surface area contributed by atoms with Crippen molar-refractivity contribution in [2.45, 2.75) is 47.0 Å². The predicted octanol–water partition coefficient (Wildman–Crippen LogP) is 9.70. The monoisotopic (exact) mass is 609 g/mol. The summed E-state index contributed by atoms with van der Waals surface area (Å²) in [5, 5.41) is 2.26. The highest BCUT2D eigenvalue weighted by molar-refractivity contribution is 6.04. The van der Waals surface area contributed by atoms with Gasteiger partial charge in [-0.2, -0.15) is 0 Å². The van der Waals surface area contributed by atoms with Crippen molar-refractivity contribution >= 4 is 45.6 Å². The fourth-order valence-corrected chi connectivity index (χ4v) is 6.29. The summed E-state index contributed by atoms with van der Waals surface area (Å²) in [7, 11) is 0. The Labute approximate surface area is 276 Å². The number of allylic oxidation sites excluding steroid dienone is 2. The number of hydrogen-bond donors (Lipinski definition) is 0. The fraction of sp³-hybridized carbons (Fsp3) is 0.220. The van der Waals surface area contributed by atoms with E-state index in [1.807, 2.05) is 52.1 Å². The average molecular weight is 610 g/mol. The van der Waals surface area contributed by atoms with E-state index in [0.29, 0.717) is 23.0 Å². The van der Waals surface area contributed by atoms with Gasteiger partial charge in [0.25, 0.3) is 0 Å². The van der Waals surface area contributed by atoms with E-state index in [9.17, 15) is 0 Å². The predicted molar refractivity (Wildman–Crippen MR) is 191 cm³/mol. The van der Waals surface area contributed by atoms with Crippen LogP contribution < -0.4 is 19.1 Å². The largest absolute Gasteiger partial charge is 0.458 e. The molecule has 0 unspecified atom stereocenters. The van der Waals surface area contributed by atoms with Gasteiger partial charge in [0, 0.05) is 23.9 Å². The Morgan fingerprint density at radius 2 is 1.59 bits per heavy atom. The minimum atomic E-state index is -2.39. The van der Waals surface area contributed by atoms with E-state index in [2.05, 4.69) is 120 Å². The van der Waals surface area contributed by atoms with Crippen LogP contribution in [-0.4, -0.2) is 18.3 Å². The van der Waals surface area contributed by atoms with Gasteiger partial charge in [0.05, 0.1) is 23.3 Å². The molecule has 0 spiro atoms. The van der Waals surface area contributed by atoms with Crippen molar-refractivity contribution in [3.8, 4) is 11.5 Å². The Morgan fingerprint density at radius 3 is 2.33 bits per heavy atom. The number of para-hydroxylation sites is 3. The molecule has 0 saturated carbocycles. The molecule has 2 aliphatic heterocycles. The molecule has 0 bridgehead atoms. The molecular formula is C41H42N4O. The second-order valence-corrected chi connectivity index (χ2v) is 14.2. The Bertz CT molecular complexity index is 2230. The summed E-state index contributed by atoms with van der Waals surface area (Å²) in [4.78, 5) is 3.23. The molecule has 4 aromatic carbocycles. The van der Waals surface area contributed by atoms with Gasteiger partial charge in [0.15, 0.2) is 0 Å². The Morgan fingerprint density at radius 1 is 0.848 bits per heavy atom. The molecule has 0 aliphatic carbocycles. The van der Waals surface area contributed by atoms with Crippen LogP contribution in [0.15, 0.2) is 121 Å². The van der Waals surface area contributed by atoms with Gasteiger partial charge in [-0.15, -0.1) is 11.6 Å². The zero-order valence-electron chi connectivity index (χ0n) is 30.4. The van der Waals surface area contributed by atoms with E-state index in [-0.39, 0.29) is 10.8 Å². The van der Waals surface area contributed by atoms with E-state index in [0.717, 1.165) is 44.9 Å². The first-order valence-corrected chi connectivity index (χ1v) is 15.6. The second-order valence-electron chi connectivity index (χ2n) is 14.2. The Hall–Kier alpha value is -5.16. The van der Waals surface area contributed by atoms with Crippen molar-refractivity contribution in [3.63, 3.8) is 0 Å². The minimum absolute atomic E-state index is 0.0342. The average Bonchev–Trinajstić information content (AvgIpc) is 3.51. The molecule has 0 amide bonds. The first-order chi connectivity index (χ1) is 23.0. The number of hydrogen-bond acceptors (Lipinski definition) is 3. The minimum Gasteiger partial charge on any atom is -0.458 e. The van der Waals surface area contributed by atoms with Gasteiger partial charge in [0.2, 0.25) is 0 Å². The molecule has 46 heavy (non-hydrogen) atoms. The lowest BCUT2D eigenvalue weighted by molar-refractivity contribution is -0.730. The quantitative estimate of drug-likeness (QED) is 0.150. The number of benzene rings is 4. The zero-order valence-corrected chi connectivity index (χ0v) is 27.4. The third-order valence-corrected chi connectivity index (χ3v) is 8.88. The van der Waals surface area contributed by atoms with Gasteiger partial charge in [-0.25, -0.2) is 0 Å². The number of anilines is 3. The molecular weight excluding hydrogens is 564 g/mol. The maximum Gasteiger partial charge on any atom is 0.316 e. The highest BCUT2D eigenvalue weighted by atomic mass is 16.5. The van der Waals surface area contributed by atoms with Gasteiger partial charge in [-0.1, -0.05) is 89.9 Å². The van der Waals surface area contributed by atoms with Crippen LogP contribution in [-0.2, 0) is 5.41 Å². The Kier molecular flexibility index (Phi) is 5.93. The van der Waals surface area contributed by atoms with Crippen LogP contribution in [0.1, 0.15) is 51.2 Å². The summed E-state index contributed by atoms with van der Waals surface area (Å²) in [6.07, 6.45) is 7.32. The van der Waals surface area contributed by atoms with Gasteiger partial charge < -0.3 is 9.64 Å². The van der Waals surface area contributed by atoms with Crippen molar-refractivity contribution in [1.82, 2.24) is 0 Å². The summed E-state index contributed by atoms with van der Waals surface area (Å²) in [5.41, 5.74) is 6.23. The summed E-state index contributed by atoms with van der Waals surface area (Å²) in [6.45, 7) is 19.3. The lowest BCUT2D eigenvalue weighted by Crippen LogP contribution is -2.45. The van der Waals surface area contributed by atoms with Crippen LogP contribution in [0.5, 0.6) is 11.5 Å². The molecule has 5 nitrogen and oxygen atoms in total. The topological polar surface area (TPSA) is 22.6 Å².